The SMILES string of the molecule is C=CCN1C(=O)/C(=C\C(=O)OC)SC1=Nc1ncn(CC(C)=O)c1C(=O)OCC. The van der Waals surface area contributed by atoms with Gasteiger partial charge in [0.25, 0.3) is 5.91 Å². The molecular weight excluding hydrogens is 400 g/mol. The van der Waals surface area contributed by atoms with E-state index in [1.807, 2.05) is 0 Å². The Bertz CT molecular complexity index is 917. The molecule has 154 valence electrons. The average Bonchev–Trinajstić information content (AvgIpc) is 3.17. The molecule has 1 saturated heterocycles. The predicted molar refractivity (Wildman–Crippen MR) is 106 cm³/mol. The molecule has 0 N–H and O–H groups in total. The molecule has 29 heavy (non-hydrogen) atoms. The van der Waals surface area contributed by atoms with E-state index in [4.69, 9.17) is 4.74 Å². The van der Waals surface area contributed by atoms with Gasteiger partial charge in [-0.3, -0.25) is 14.5 Å². The van der Waals surface area contributed by atoms with Gasteiger partial charge >= 0.3 is 11.9 Å². The summed E-state index contributed by atoms with van der Waals surface area (Å²) in [4.78, 5) is 57.8. The molecule has 0 spiro atoms. The van der Waals surface area contributed by atoms with Gasteiger partial charge in [-0.05, 0) is 25.6 Å². The van der Waals surface area contributed by atoms with Gasteiger partial charge in [0.1, 0.15) is 5.78 Å². The molecule has 11 heteroatoms. The number of Topliss-reactive ketones (excluding diaryl/α,β-unsaturated/α-hetero) is 1. The topological polar surface area (TPSA) is 120 Å². The molecule has 2 rings (SSSR count). The average molecular weight is 420 g/mol. The van der Waals surface area contributed by atoms with Crippen LogP contribution in [0.4, 0.5) is 5.82 Å². The molecular formula is C18H20N4O6S. The number of thioether (sulfide) groups is 1. The Morgan fingerprint density at radius 1 is 1.38 bits per heavy atom. The van der Waals surface area contributed by atoms with Gasteiger partial charge < -0.3 is 14.0 Å². The molecule has 1 aliphatic heterocycles. The second-order valence-corrected chi connectivity index (χ2v) is 6.71. The number of nitrogens with zero attached hydrogens (tertiary/aromatic N) is 4. The lowest BCUT2D eigenvalue weighted by Crippen LogP contribution is -2.29. The Morgan fingerprint density at radius 3 is 2.69 bits per heavy atom. The molecule has 1 aliphatic rings. The first-order chi connectivity index (χ1) is 13.8. The number of carbonyl (C=O) groups is 4. The molecule has 0 aromatic carbocycles. The monoisotopic (exact) mass is 420 g/mol. The van der Waals surface area contributed by atoms with Crippen LogP contribution < -0.4 is 0 Å². The van der Waals surface area contributed by atoms with Gasteiger partial charge in [-0.25, -0.2) is 19.6 Å². The van der Waals surface area contributed by atoms with E-state index < -0.39 is 17.8 Å². The Morgan fingerprint density at radius 2 is 2.10 bits per heavy atom. The van der Waals surface area contributed by atoms with Crippen molar-refractivity contribution in [3.05, 3.63) is 35.7 Å². The van der Waals surface area contributed by atoms with Crippen molar-refractivity contribution >= 4 is 46.4 Å². The molecule has 0 saturated carbocycles. The minimum Gasteiger partial charge on any atom is -0.466 e. The van der Waals surface area contributed by atoms with Crippen molar-refractivity contribution in [1.82, 2.24) is 14.5 Å². The lowest BCUT2D eigenvalue weighted by Gasteiger charge is -2.12. The Balaban J connectivity index is 2.51. The number of ketones is 1. The quantitative estimate of drug-likeness (QED) is 0.352. The second-order valence-electron chi connectivity index (χ2n) is 5.70. The van der Waals surface area contributed by atoms with E-state index in [9.17, 15) is 19.2 Å². The molecule has 0 atom stereocenters. The number of amidine groups is 1. The van der Waals surface area contributed by atoms with Crippen LogP contribution in [0.5, 0.6) is 0 Å². The maximum atomic E-state index is 12.6. The third-order valence-electron chi connectivity index (χ3n) is 3.53. The van der Waals surface area contributed by atoms with Crippen LogP contribution in [0, 0.1) is 0 Å². The minimum atomic E-state index is -0.694. The summed E-state index contributed by atoms with van der Waals surface area (Å²) in [6, 6.07) is 0. The van der Waals surface area contributed by atoms with Crippen LogP contribution >= 0.6 is 11.8 Å². The van der Waals surface area contributed by atoms with E-state index in [0.29, 0.717) is 0 Å². The summed E-state index contributed by atoms with van der Waals surface area (Å²) < 4.78 is 10.9. The van der Waals surface area contributed by atoms with Crippen LogP contribution in [0.2, 0.25) is 0 Å². The van der Waals surface area contributed by atoms with Gasteiger partial charge in [0.05, 0.1) is 31.5 Å². The Kier molecular flexibility index (Phi) is 7.48. The first-order valence-corrected chi connectivity index (χ1v) is 9.34. The van der Waals surface area contributed by atoms with E-state index in [2.05, 4.69) is 21.3 Å². The summed E-state index contributed by atoms with van der Waals surface area (Å²) in [5, 5.41) is 0.198. The zero-order valence-corrected chi connectivity index (χ0v) is 17.0. The number of methoxy groups -OCH3 is 1. The van der Waals surface area contributed by atoms with Gasteiger partial charge in [-0.15, -0.1) is 6.58 Å². The lowest BCUT2D eigenvalue weighted by atomic mass is 10.3. The second kappa shape index (κ2) is 9.82. The number of rotatable bonds is 8. The zero-order chi connectivity index (χ0) is 21.6. The van der Waals surface area contributed by atoms with Crippen molar-refractivity contribution in [2.24, 2.45) is 4.99 Å². The van der Waals surface area contributed by atoms with Crippen LogP contribution in [-0.2, 0) is 30.4 Å². The molecule has 2 heterocycles. The van der Waals surface area contributed by atoms with Crippen molar-refractivity contribution in [3.63, 3.8) is 0 Å². The fraction of sp³-hybridized carbons (Fsp3) is 0.333. The number of aromatic nitrogens is 2. The predicted octanol–water partition coefficient (Wildman–Crippen LogP) is 1.45. The molecule has 1 fully saturated rings. The summed E-state index contributed by atoms with van der Waals surface area (Å²) in [6.07, 6.45) is 3.86. The Labute approximate surface area is 171 Å². The number of ether oxygens (including phenoxy) is 2. The van der Waals surface area contributed by atoms with Gasteiger partial charge in [-0.2, -0.15) is 0 Å². The zero-order valence-electron chi connectivity index (χ0n) is 16.2. The number of imidazole rings is 1. The van der Waals surface area contributed by atoms with Crippen molar-refractivity contribution < 1.29 is 28.7 Å². The fourth-order valence-electron chi connectivity index (χ4n) is 2.36. The van der Waals surface area contributed by atoms with Crippen LogP contribution in [0.25, 0.3) is 0 Å². The minimum absolute atomic E-state index is 0.00613. The number of carbonyl (C=O) groups excluding carboxylic acids is 4. The van der Waals surface area contributed by atoms with Crippen LogP contribution in [0.3, 0.4) is 0 Å². The molecule has 0 bridgehead atoms. The normalized spacial score (nSPS) is 16.4. The van der Waals surface area contributed by atoms with E-state index in [1.54, 1.807) is 6.92 Å². The molecule has 1 aromatic rings. The Hall–Kier alpha value is -3.21. The number of esters is 2. The highest BCUT2D eigenvalue weighted by molar-refractivity contribution is 8.18. The van der Waals surface area contributed by atoms with E-state index in [-0.39, 0.29) is 47.1 Å². The number of hydrogen-bond donors (Lipinski definition) is 0. The lowest BCUT2D eigenvalue weighted by molar-refractivity contribution is -0.135. The molecule has 1 amide bonds. The first kappa shape index (κ1) is 22.1. The maximum Gasteiger partial charge on any atom is 0.358 e. The first-order valence-electron chi connectivity index (χ1n) is 8.52. The summed E-state index contributed by atoms with van der Waals surface area (Å²) in [6.45, 7) is 6.81. The van der Waals surface area contributed by atoms with E-state index in [1.165, 1.54) is 35.9 Å². The molecule has 1 aromatic heterocycles. The number of amides is 1. The molecule has 0 aliphatic carbocycles. The number of aliphatic imine (C=N–C) groups is 1. The van der Waals surface area contributed by atoms with Crippen molar-refractivity contribution in [2.75, 3.05) is 20.3 Å². The van der Waals surface area contributed by atoms with Gasteiger partial charge in [0, 0.05) is 12.6 Å². The van der Waals surface area contributed by atoms with Crippen LogP contribution in [0.15, 0.2) is 35.0 Å². The van der Waals surface area contributed by atoms with Gasteiger partial charge in [-0.1, -0.05) is 6.08 Å². The van der Waals surface area contributed by atoms with E-state index in [0.717, 1.165) is 17.8 Å². The third-order valence-corrected chi connectivity index (χ3v) is 4.54. The molecule has 10 nitrogen and oxygen atoms in total. The smallest absolute Gasteiger partial charge is 0.358 e. The summed E-state index contributed by atoms with van der Waals surface area (Å²) in [5.74, 6) is -2.03. The molecule has 0 radical (unpaired) electrons. The number of hydrogen-bond acceptors (Lipinski definition) is 9. The van der Waals surface area contributed by atoms with E-state index >= 15 is 0 Å². The summed E-state index contributed by atoms with van der Waals surface area (Å²) >= 11 is 0.933. The van der Waals surface area contributed by atoms with Crippen LogP contribution in [-0.4, -0.2) is 63.5 Å². The fourth-order valence-corrected chi connectivity index (χ4v) is 3.31. The van der Waals surface area contributed by atoms with Crippen molar-refractivity contribution in [2.45, 2.75) is 20.4 Å². The summed E-state index contributed by atoms with van der Waals surface area (Å²) in [7, 11) is 1.20. The highest BCUT2D eigenvalue weighted by Crippen LogP contribution is 2.33. The molecule has 0 unspecified atom stereocenters. The van der Waals surface area contributed by atoms with Crippen molar-refractivity contribution in [3.8, 4) is 0 Å². The largest absolute Gasteiger partial charge is 0.466 e. The van der Waals surface area contributed by atoms with Gasteiger partial charge in [0.2, 0.25) is 0 Å². The van der Waals surface area contributed by atoms with Crippen LogP contribution in [0.1, 0.15) is 24.3 Å². The highest BCUT2D eigenvalue weighted by Gasteiger charge is 2.34. The summed E-state index contributed by atoms with van der Waals surface area (Å²) in [5.41, 5.74) is -0.00782. The highest BCUT2D eigenvalue weighted by atomic mass is 32.2. The van der Waals surface area contributed by atoms with Gasteiger partial charge in [0.15, 0.2) is 16.7 Å². The standard InChI is InChI=1S/C18H20N4O6S/c1-5-7-22-16(25)12(8-13(24)27-4)29-18(22)20-15-14(17(26)28-6-2)21(10-19-15)9-11(3)23/h5,8,10H,1,6-7,9H2,2-4H3/b12-8+,20-18?. The van der Waals surface area contributed by atoms with Crippen molar-refractivity contribution in [1.29, 1.82) is 0 Å². The maximum absolute atomic E-state index is 12.6. The third kappa shape index (κ3) is 5.19.